The Labute approximate surface area is 198 Å². The molecule has 9 nitrogen and oxygen atoms in total. The average molecular weight is 482 g/mol. The smallest absolute Gasteiger partial charge is 0.243 e. The van der Waals surface area contributed by atoms with Crippen LogP contribution < -0.4 is 5.73 Å². The summed E-state index contributed by atoms with van der Waals surface area (Å²) in [6.45, 7) is 3.18. The number of nitrogens with one attached hydrogen (secondary N) is 1. The number of pyridine rings is 1. The van der Waals surface area contributed by atoms with E-state index in [0.717, 1.165) is 11.1 Å². The first-order valence-corrected chi connectivity index (χ1v) is 12.3. The zero-order chi connectivity index (χ0) is 24.3. The molecule has 2 aromatic heterocycles. The molecule has 178 valence electrons. The molecule has 10 heteroatoms. The Morgan fingerprint density at radius 1 is 1.26 bits per heavy atom. The highest BCUT2D eigenvalue weighted by Gasteiger charge is 2.26. The van der Waals surface area contributed by atoms with Gasteiger partial charge in [0.25, 0.3) is 0 Å². The lowest BCUT2D eigenvalue weighted by Crippen LogP contribution is -2.40. The number of benzene rings is 1. The van der Waals surface area contributed by atoms with Gasteiger partial charge < -0.3 is 15.5 Å². The molecular weight excluding hydrogens is 454 g/mol. The summed E-state index contributed by atoms with van der Waals surface area (Å²) in [7, 11) is -2.04. The monoisotopic (exact) mass is 481 g/mol. The molecule has 1 saturated heterocycles. The van der Waals surface area contributed by atoms with Crippen LogP contribution in [0.3, 0.4) is 0 Å². The SMILES string of the molecule is CN=C(C=C(C)N)C(=O)c1c[nH]c2ncc(Cc3cccc(S(=O)(=O)N4CCOCC4)c3)cc12. The van der Waals surface area contributed by atoms with Crippen LogP contribution in [0.15, 0.2) is 64.4 Å². The van der Waals surface area contributed by atoms with E-state index >= 15 is 0 Å². The number of ether oxygens (including phenoxy) is 1. The number of ketones is 1. The quantitative estimate of drug-likeness (QED) is 0.393. The van der Waals surface area contributed by atoms with Gasteiger partial charge in [-0.25, -0.2) is 13.4 Å². The van der Waals surface area contributed by atoms with Gasteiger partial charge in [0.1, 0.15) is 11.4 Å². The first kappa shape index (κ1) is 23.8. The van der Waals surface area contributed by atoms with Gasteiger partial charge in [-0.1, -0.05) is 12.1 Å². The fourth-order valence-electron chi connectivity index (χ4n) is 3.90. The molecule has 3 N–H and O–H groups in total. The topological polar surface area (TPSA) is 131 Å². The van der Waals surface area contributed by atoms with Gasteiger partial charge in [0.15, 0.2) is 0 Å². The number of fused-ring (bicyclic) bond motifs is 1. The molecule has 3 heterocycles. The Hall–Kier alpha value is -3.34. The fourth-order valence-corrected chi connectivity index (χ4v) is 5.38. The second-order valence-corrected chi connectivity index (χ2v) is 10.0. The van der Waals surface area contributed by atoms with Gasteiger partial charge in [-0.3, -0.25) is 9.79 Å². The standard InChI is InChI=1S/C24H27N5O4S/c1-16(25)10-22(26-2)23(30)21-15-28-24-20(21)13-18(14-27-24)11-17-4-3-5-19(12-17)34(31,32)29-6-8-33-9-7-29/h3-5,10,12-15H,6-9,11,25H2,1-2H3,(H,27,28). The number of Topliss-reactive ketones (excluding diaryl/α,β-unsaturated/α-hetero) is 1. The van der Waals surface area contributed by atoms with E-state index in [1.807, 2.05) is 12.1 Å². The third kappa shape index (κ3) is 4.93. The third-order valence-corrected chi connectivity index (χ3v) is 7.48. The Bertz CT molecular complexity index is 1380. The molecule has 1 aliphatic rings. The van der Waals surface area contributed by atoms with Crippen molar-refractivity contribution in [3.8, 4) is 0 Å². The van der Waals surface area contributed by atoms with Crippen molar-refractivity contribution >= 4 is 32.6 Å². The number of carbonyl (C=O) groups is 1. The number of sulfonamides is 1. The first-order valence-electron chi connectivity index (χ1n) is 10.9. The van der Waals surface area contributed by atoms with E-state index in [1.54, 1.807) is 50.6 Å². The van der Waals surface area contributed by atoms with Crippen molar-refractivity contribution in [2.24, 2.45) is 10.7 Å². The number of carbonyl (C=O) groups excluding carboxylic acids is 1. The lowest BCUT2D eigenvalue weighted by molar-refractivity contribution is 0.0730. The second-order valence-electron chi connectivity index (χ2n) is 8.11. The molecule has 34 heavy (non-hydrogen) atoms. The summed E-state index contributed by atoms with van der Waals surface area (Å²) in [4.78, 5) is 24.8. The predicted molar refractivity (Wildman–Crippen MR) is 131 cm³/mol. The minimum atomic E-state index is -3.58. The van der Waals surface area contributed by atoms with E-state index < -0.39 is 10.0 Å². The van der Waals surface area contributed by atoms with E-state index in [-0.39, 0.29) is 16.4 Å². The van der Waals surface area contributed by atoms with Crippen molar-refractivity contribution in [2.75, 3.05) is 33.4 Å². The molecular formula is C24H27N5O4S. The first-order chi connectivity index (χ1) is 16.3. The predicted octanol–water partition coefficient (Wildman–Crippen LogP) is 2.29. The van der Waals surface area contributed by atoms with E-state index in [0.29, 0.717) is 55.0 Å². The summed E-state index contributed by atoms with van der Waals surface area (Å²) in [6.07, 6.45) is 5.34. The fraction of sp³-hybridized carbons (Fsp3) is 0.292. The molecule has 0 bridgehead atoms. The van der Waals surface area contributed by atoms with Gasteiger partial charge >= 0.3 is 0 Å². The molecule has 0 spiro atoms. The molecule has 0 aliphatic carbocycles. The number of aromatic nitrogens is 2. The van der Waals surface area contributed by atoms with Crippen molar-refractivity contribution < 1.29 is 17.9 Å². The number of rotatable bonds is 7. The highest BCUT2D eigenvalue weighted by Crippen LogP contribution is 2.23. The molecule has 0 amide bonds. The van der Waals surface area contributed by atoms with Crippen LogP contribution in [0.5, 0.6) is 0 Å². The lowest BCUT2D eigenvalue weighted by atomic mass is 10.0. The van der Waals surface area contributed by atoms with Gasteiger partial charge in [0.05, 0.1) is 23.7 Å². The molecule has 0 saturated carbocycles. The zero-order valence-electron chi connectivity index (χ0n) is 19.1. The van der Waals surface area contributed by atoms with Crippen LogP contribution in [-0.4, -0.2) is 67.5 Å². The molecule has 1 fully saturated rings. The lowest BCUT2D eigenvalue weighted by Gasteiger charge is -2.26. The number of morpholine rings is 1. The number of aromatic amines is 1. The zero-order valence-corrected chi connectivity index (χ0v) is 19.9. The largest absolute Gasteiger partial charge is 0.402 e. The summed E-state index contributed by atoms with van der Waals surface area (Å²) in [5, 5.41) is 0.670. The highest BCUT2D eigenvalue weighted by atomic mass is 32.2. The molecule has 4 rings (SSSR count). The second kappa shape index (κ2) is 9.88. The molecule has 0 radical (unpaired) electrons. The van der Waals surface area contributed by atoms with Crippen molar-refractivity contribution in [1.82, 2.24) is 14.3 Å². The highest BCUT2D eigenvalue weighted by molar-refractivity contribution is 7.89. The maximum absolute atomic E-state index is 13.0. The van der Waals surface area contributed by atoms with E-state index in [1.165, 1.54) is 4.31 Å². The molecule has 0 unspecified atom stereocenters. The molecule has 1 aromatic carbocycles. The average Bonchev–Trinajstić information content (AvgIpc) is 3.26. The van der Waals surface area contributed by atoms with Crippen LogP contribution in [0, 0.1) is 0 Å². The summed E-state index contributed by atoms with van der Waals surface area (Å²) in [6, 6.07) is 8.81. The van der Waals surface area contributed by atoms with E-state index in [2.05, 4.69) is 15.0 Å². The van der Waals surface area contributed by atoms with Crippen LogP contribution in [-0.2, 0) is 21.2 Å². The summed E-state index contributed by atoms with van der Waals surface area (Å²) in [5.74, 6) is -0.254. The van der Waals surface area contributed by atoms with E-state index in [9.17, 15) is 13.2 Å². The summed E-state index contributed by atoms with van der Waals surface area (Å²) < 4.78 is 32.7. The number of hydrogen-bond donors (Lipinski definition) is 2. The minimum Gasteiger partial charge on any atom is -0.402 e. The Kier molecular flexibility index (Phi) is 6.92. The maximum atomic E-state index is 13.0. The van der Waals surface area contributed by atoms with Gasteiger partial charge in [-0.15, -0.1) is 0 Å². The Balaban J connectivity index is 1.62. The maximum Gasteiger partial charge on any atom is 0.243 e. The number of allylic oxidation sites excluding steroid dienone is 2. The van der Waals surface area contributed by atoms with Crippen LogP contribution in [0.1, 0.15) is 28.4 Å². The molecule has 3 aromatic rings. The van der Waals surface area contributed by atoms with Gasteiger partial charge in [0, 0.05) is 43.6 Å². The minimum absolute atomic E-state index is 0.254. The van der Waals surface area contributed by atoms with Crippen LogP contribution in [0.2, 0.25) is 0 Å². The Morgan fingerprint density at radius 2 is 2.03 bits per heavy atom. The third-order valence-electron chi connectivity index (χ3n) is 5.58. The number of nitrogens with zero attached hydrogens (tertiary/aromatic N) is 3. The van der Waals surface area contributed by atoms with Crippen LogP contribution >= 0.6 is 0 Å². The number of hydrogen-bond acceptors (Lipinski definition) is 7. The van der Waals surface area contributed by atoms with Crippen molar-refractivity contribution in [3.05, 3.63) is 71.2 Å². The number of H-pyrrole nitrogens is 1. The van der Waals surface area contributed by atoms with Crippen molar-refractivity contribution in [1.29, 1.82) is 0 Å². The van der Waals surface area contributed by atoms with Crippen LogP contribution in [0.25, 0.3) is 11.0 Å². The number of aliphatic imine (C=N–C) groups is 1. The van der Waals surface area contributed by atoms with Crippen molar-refractivity contribution in [3.63, 3.8) is 0 Å². The van der Waals surface area contributed by atoms with Crippen molar-refractivity contribution in [2.45, 2.75) is 18.2 Å². The molecule has 0 atom stereocenters. The van der Waals surface area contributed by atoms with Gasteiger partial charge in [-0.2, -0.15) is 4.31 Å². The number of nitrogens with two attached hydrogens (primary N) is 1. The van der Waals surface area contributed by atoms with Gasteiger partial charge in [-0.05, 0) is 48.7 Å². The van der Waals surface area contributed by atoms with E-state index in [4.69, 9.17) is 10.5 Å². The van der Waals surface area contributed by atoms with Crippen LogP contribution in [0.4, 0.5) is 0 Å². The Morgan fingerprint density at radius 3 is 2.74 bits per heavy atom. The summed E-state index contributed by atoms with van der Waals surface area (Å²) in [5.41, 5.74) is 9.18. The molecule has 1 aliphatic heterocycles. The van der Waals surface area contributed by atoms with Gasteiger partial charge in [0.2, 0.25) is 15.8 Å². The summed E-state index contributed by atoms with van der Waals surface area (Å²) >= 11 is 0. The normalized spacial score (nSPS) is 16.2.